The molecule has 0 aromatic rings. The zero-order valence-corrected chi connectivity index (χ0v) is 39.8. The molecular weight excluding hydrogens is 789 g/mol. The molecule has 14 heteroatoms. The van der Waals surface area contributed by atoms with Gasteiger partial charge in [0.05, 0.1) is 5.41 Å². The molecule has 6 amide bonds. The molecule has 0 aliphatic carbocycles. The van der Waals surface area contributed by atoms with Crippen LogP contribution < -0.4 is 10.6 Å². The molecule has 4 rings (SSSR count). The van der Waals surface area contributed by atoms with E-state index in [1.165, 1.54) is 9.80 Å². The lowest BCUT2D eigenvalue weighted by Crippen LogP contribution is -2.75. The Morgan fingerprint density at radius 2 is 1.05 bits per heavy atom. The topological polar surface area (TPSA) is 180 Å². The van der Waals surface area contributed by atoms with Gasteiger partial charge in [0, 0.05) is 66.6 Å². The van der Waals surface area contributed by atoms with Gasteiger partial charge in [-0.05, 0) is 91.9 Å². The molecule has 62 heavy (non-hydrogen) atoms. The lowest BCUT2D eigenvalue weighted by atomic mass is 9.60. The Balaban J connectivity index is 1.65. The van der Waals surface area contributed by atoms with Crippen molar-refractivity contribution in [3.8, 4) is 0 Å². The minimum atomic E-state index is -1.49. The third-order valence-electron chi connectivity index (χ3n) is 17.3. The minimum Gasteiger partial charge on any atom is -0.481 e. The molecule has 0 bridgehead atoms. The highest BCUT2D eigenvalue weighted by atomic mass is 16.4. The van der Waals surface area contributed by atoms with Crippen molar-refractivity contribution in [1.29, 1.82) is 0 Å². The fraction of sp³-hybridized carbons (Fsp3) is 0.792. The first kappa shape index (κ1) is 50.9. The van der Waals surface area contributed by atoms with Crippen LogP contribution in [-0.4, -0.2) is 125 Å². The van der Waals surface area contributed by atoms with Crippen LogP contribution in [0.1, 0.15) is 166 Å². The Hall–Kier alpha value is -3.78. The van der Waals surface area contributed by atoms with Crippen LogP contribution in [-0.2, 0) is 19.2 Å². The molecule has 14 nitrogen and oxygen atoms in total. The van der Waals surface area contributed by atoms with Crippen molar-refractivity contribution >= 4 is 35.8 Å². The van der Waals surface area contributed by atoms with Gasteiger partial charge in [-0.3, -0.25) is 38.8 Å². The number of urea groups is 2. The molecule has 0 aromatic carbocycles. The van der Waals surface area contributed by atoms with Crippen LogP contribution in [0.3, 0.4) is 0 Å². The number of amides is 6. The van der Waals surface area contributed by atoms with Crippen LogP contribution in [0.25, 0.3) is 0 Å². The van der Waals surface area contributed by atoms with Crippen molar-refractivity contribution in [2.24, 2.45) is 17.3 Å². The number of hydrogen-bond donors (Lipinski definition) is 4. The van der Waals surface area contributed by atoms with E-state index >= 15 is 0 Å². The molecule has 4 fully saturated rings. The second-order valence-electron chi connectivity index (χ2n) is 20.2. The first-order chi connectivity index (χ1) is 29.0. The van der Waals surface area contributed by atoms with Crippen LogP contribution in [0.2, 0.25) is 0 Å². The van der Waals surface area contributed by atoms with E-state index in [4.69, 9.17) is 5.11 Å². The molecule has 4 saturated heterocycles. The van der Waals surface area contributed by atoms with Gasteiger partial charge in [0.15, 0.2) is 0 Å². The van der Waals surface area contributed by atoms with Crippen molar-refractivity contribution in [2.75, 3.05) is 26.2 Å². The van der Waals surface area contributed by atoms with Crippen LogP contribution in [0, 0.1) is 17.3 Å². The van der Waals surface area contributed by atoms with Gasteiger partial charge in [-0.15, -0.1) is 13.2 Å². The summed E-state index contributed by atoms with van der Waals surface area (Å²) in [6.07, 6.45) is 10.7. The van der Waals surface area contributed by atoms with E-state index in [0.29, 0.717) is 58.0 Å². The molecule has 0 saturated carbocycles. The van der Waals surface area contributed by atoms with Gasteiger partial charge in [0.25, 0.3) is 11.8 Å². The molecule has 4 aliphatic rings. The zero-order valence-electron chi connectivity index (χ0n) is 39.8. The average Bonchev–Trinajstić information content (AvgIpc) is 3.61. The summed E-state index contributed by atoms with van der Waals surface area (Å²) in [7, 11) is 0. The standard InChI is InChI=1S/C48H80N6O8/c1-13-28-53-42(9,15-3)32-47(34(7)44(53,11)17-5)37(57)51(40(61)49-47)30-26-46(39(59)60,25-23-21-19-20-22-24-36(55)56)27-31-52-38(58)48(50-41(52)62)33-43(10,16-4)54(29-14-2)45(12,18-6)35(48)8/h13-14,34-35H,1-2,15-33H2,3-12H3,(H,49,61)(H,50,62)(H,55,56)(H,59,60). The number of hydrogen-bond acceptors (Lipinski definition) is 8. The van der Waals surface area contributed by atoms with Gasteiger partial charge < -0.3 is 20.8 Å². The van der Waals surface area contributed by atoms with Crippen molar-refractivity contribution in [3.63, 3.8) is 0 Å². The number of carboxylic acids is 2. The highest BCUT2D eigenvalue weighted by Crippen LogP contribution is 2.54. The number of aliphatic carboxylic acids is 2. The number of unbranched alkanes of at least 4 members (excludes halogenated alkanes) is 4. The van der Waals surface area contributed by atoms with Crippen molar-refractivity contribution in [3.05, 3.63) is 25.3 Å². The molecule has 0 radical (unpaired) electrons. The van der Waals surface area contributed by atoms with E-state index in [1.54, 1.807) is 0 Å². The predicted molar refractivity (Wildman–Crippen MR) is 241 cm³/mol. The van der Waals surface area contributed by atoms with E-state index in [-0.39, 0.29) is 62.4 Å². The maximum absolute atomic E-state index is 14.8. The van der Waals surface area contributed by atoms with Crippen molar-refractivity contribution in [2.45, 2.75) is 199 Å². The minimum absolute atomic E-state index is 0.0623. The first-order valence-electron chi connectivity index (χ1n) is 23.5. The summed E-state index contributed by atoms with van der Waals surface area (Å²) in [5.41, 5.74) is -5.69. The second-order valence-corrected chi connectivity index (χ2v) is 20.2. The number of carboxylic acid groups (broad SMARTS) is 2. The van der Waals surface area contributed by atoms with E-state index < -0.39 is 62.6 Å². The maximum Gasteiger partial charge on any atom is 0.325 e. The van der Waals surface area contributed by atoms with Crippen LogP contribution >= 0.6 is 0 Å². The molecule has 4 heterocycles. The quantitative estimate of drug-likeness (QED) is 0.0447. The average molecular weight is 869 g/mol. The Labute approximate surface area is 371 Å². The third kappa shape index (κ3) is 8.60. The summed E-state index contributed by atoms with van der Waals surface area (Å²) in [6, 6.07) is -1.08. The number of imide groups is 2. The zero-order chi connectivity index (χ0) is 46.7. The molecule has 2 spiro atoms. The van der Waals surface area contributed by atoms with Crippen molar-refractivity contribution in [1.82, 2.24) is 30.2 Å². The number of likely N-dealkylation sites (tertiary alicyclic amines) is 2. The number of nitrogens with one attached hydrogen (secondary N) is 2. The summed E-state index contributed by atoms with van der Waals surface area (Å²) in [5.74, 6) is -3.24. The van der Waals surface area contributed by atoms with E-state index in [9.17, 15) is 33.9 Å². The fourth-order valence-electron chi connectivity index (χ4n) is 12.3. The normalized spacial score (nSPS) is 35.1. The lowest BCUT2D eigenvalue weighted by Gasteiger charge is -2.63. The lowest BCUT2D eigenvalue weighted by molar-refractivity contribution is -0.156. The van der Waals surface area contributed by atoms with Gasteiger partial charge in [0.1, 0.15) is 11.1 Å². The highest BCUT2D eigenvalue weighted by Gasteiger charge is 2.68. The van der Waals surface area contributed by atoms with Gasteiger partial charge >= 0.3 is 24.0 Å². The van der Waals surface area contributed by atoms with Crippen LogP contribution in [0.4, 0.5) is 9.59 Å². The summed E-state index contributed by atoms with van der Waals surface area (Å²) < 4.78 is 0. The largest absolute Gasteiger partial charge is 0.481 e. The number of carbonyl (C=O) groups is 6. The van der Waals surface area contributed by atoms with Gasteiger partial charge in [-0.1, -0.05) is 79.4 Å². The summed E-state index contributed by atoms with van der Waals surface area (Å²) >= 11 is 0. The fourth-order valence-corrected chi connectivity index (χ4v) is 12.3. The Bertz CT molecular complexity index is 1640. The van der Waals surface area contributed by atoms with E-state index in [2.05, 4.69) is 89.0 Å². The third-order valence-corrected chi connectivity index (χ3v) is 17.3. The molecule has 8 atom stereocenters. The molecule has 8 unspecified atom stereocenters. The smallest absolute Gasteiger partial charge is 0.325 e. The molecule has 0 aromatic heterocycles. The summed E-state index contributed by atoms with van der Waals surface area (Å²) in [5, 5.41) is 26.5. The Morgan fingerprint density at radius 1 is 0.661 bits per heavy atom. The Morgan fingerprint density at radius 3 is 1.39 bits per heavy atom. The van der Waals surface area contributed by atoms with Gasteiger partial charge in [-0.2, -0.15) is 0 Å². The monoisotopic (exact) mass is 869 g/mol. The Kier molecular flexibility index (Phi) is 15.7. The van der Waals surface area contributed by atoms with Crippen LogP contribution in [0.5, 0.6) is 0 Å². The molecule has 350 valence electrons. The van der Waals surface area contributed by atoms with E-state index in [0.717, 1.165) is 25.7 Å². The molecule has 4 aliphatic heterocycles. The van der Waals surface area contributed by atoms with Crippen molar-refractivity contribution < 1.29 is 39.0 Å². The number of rotatable bonds is 23. The predicted octanol–water partition coefficient (Wildman–Crippen LogP) is 7.96. The summed E-state index contributed by atoms with van der Waals surface area (Å²) in [6.45, 7) is 30.0. The summed E-state index contributed by atoms with van der Waals surface area (Å²) in [4.78, 5) is 89.8. The maximum atomic E-state index is 14.8. The molecular formula is C48H80N6O8. The number of piperidine rings is 2. The SMILES string of the molecule is C=CCN1C(C)(CC)CC2(NC(=O)N(CCC(CCCCCCCC(=O)O)(CCN3C(=O)NC4(CC(C)(CC)N(CC=C)C(C)(CC)C4C)C3=O)C(=O)O)C2=O)C(C)C1(C)CC. The van der Waals surface area contributed by atoms with Gasteiger partial charge in [0.2, 0.25) is 0 Å². The van der Waals surface area contributed by atoms with E-state index in [1.807, 2.05) is 26.0 Å². The number of nitrogens with zero attached hydrogens (tertiary/aromatic N) is 4. The van der Waals surface area contributed by atoms with Gasteiger partial charge in [-0.25, -0.2) is 9.59 Å². The van der Waals surface area contributed by atoms with Crippen LogP contribution in [0.15, 0.2) is 25.3 Å². The second kappa shape index (κ2) is 19.1. The highest BCUT2D eigenvalue weighted by molar-refractivity contribution is 6.08. The first-order valence-corrected chi connectivity index (χ1v) is 23.5. The molecule has 4 N–H and O–H groups in total. The number of carbonyl (C=O) groups excluding carboxylic acids is 4.